The van der Waals surface area contributed by atoms with E-state index in [4.69, 9.17) is 0 Å². The number of hydrogen-bond donors (Lipinski definition) is 0. The van der Waals surface area contributed by atoms with Crippen molar-refractivity contribution in [1.82, 2.24) is 9.14 Å². The normalized spacial score (nSPS) is 16.4. The van der Waals surface area contributed by atoms with Gasteiger partial charge < -0.3 is 9.47 Å². The van der Waals surface area contributed by atoms with Gasteiger partial charge in [-0.15, -0.1) is 11.3 Å². The minimum absolute atomic E-state index is 0.0915. The second-order valence-electron chi connectivity index (χ2n) is 12.3. The van der Waals surface area contributed by atoms with E-state index in [1.54, 1.807) is 0 Å². The molecular formula is C42H26N3S+. The Bertz CT molecular complexity index is 2700. The third kappa shape index (κ3) is 3.04. The van der Waals surface area contributed by atoms with Crippen LogP contribution in [-0.2, 0) is 0 Å². The van der Waals surface area contributed by atoms with Crippen molar-refractivity contribution in [2.45, 2.75) is 6.04 Å². The zero-order valence-corrected chi connectivity index (χ0v) is 25.6. The standard InChI is InChI=1S/C42H26N3S/c1-2-12-26(13-3-1)43-33-19-7-8-20-34(33)45-40-28(16-10-21-36(40)43)29-24-25-35-39(41(29)45)31-15-4-6-18-32(31)44(35)37-22-11-17-30-27-14-5-9-23-38(27)46-42(30)37/h1-25,40H/q+1. The molecule has 0 bridgehead atoms. The highest BCUT2D eigenvalue weighted by atomic mass is 32.1. The minimum atomic E-state index is 0.0915. The number of thiophene rings is 1. The van der Waals surface area contributed by atoms with Crippen molar-refractivity contribution >= 4 is 87.3 Å². The number of benzene rings is 6. The number of fused-ring (bicyclic) bond motifs is 12. The monoisotopic (exact) mass is 604 g/mol. The van der Waals surface area contributed by atoms with Crippen molar-refractivity contribution in [1.29, 1.82) is 0 Å². The molecule has 0 fully saturated rings. The molecule has 2 aromatic heterocycles. The Kier molecular flexibility index (Phi) is 4.78. The van der Waals surface area contributed by atoms with E-state index in [0.717, 1.165) is 0 Å². The fraction of sp³-hybridized carbons (Fsp3) is 0.0238. The third-order valence-electron chi connectivity index (χ3n) is 10.0. The molecule has 46 heavy (non-hydrogen) atoms. The summed E-state index contributed by atoms with van der Waals surface area (Å²) < 4.78 is 7.61. The number of nitrogens with zero attached hydrogens (tertiary/aromatic N) is 3. The smallest absolute Gasteiger partial charge is 0.235 e. The largest absolute Gasteiger partial charge is 0.317 e. The van der Waals surface area contributed by atoms with Crippen molar-refractivity contribution in [3.8, 4) is 5.69 Å². The van der Waals surface area contributed by atoms with Crippen molar-refractivity contribution in [3.63, 3.8) is 0 Å². The van der Waals surface area contributed by atoms with Gasteiger partial charge in [0, 0.05) is 56.1 Å². The van der Waals surface area contributed by atoms with Gasteiger partial charge in [0.1, 0.15) is 11.7 Å². The summed E-state index contributed by atoms with van der Waals surface area (Å²) in [4.78, 5) is 2.62. The first-order valence-corrected chi connectivity index (χ1v) is 16.6. The summed E-state index contributed by atoms with van der Waals surface area (Å²) in [5, 5.41) is 5.23. The molecule has 3 aliphatic rings. The first-order valence-electron chi connectivity index (χ1n) is 15.8. The number of hydrogen-bond acceptors (Lipinski definition) is 2. The van der Waals surface area contributed by atoms with E-state index in [1.165, 1.54) is 87.3 Å². The van der Waals surface area contributed by atoms with E-state index in [1.807, 2.05) is 11.3 Å². The van der Waals surface area contributed by atoms with E-state index in [0.29, 0.717) is 0 Å². The lowest BCUT2D eigenvalue weighted by Gasteiger charge is -2.33. The van der Waals surface area contributed by atoms with Gasteiger partial charge in [-0.3, -0.25) is 0 Å². The van der Waals surface area contributed by atoms with Crippen molar-refractivity contribution in [3.05, 3.63) is 157 Å². The molecule has 0 radical (unpaired) electrons. The molecule has 11 rings (SSSR count). The van der Waals surface area contributed by atoms with Gasteiger partial charge in [0.15, 0.2) is 0 Å². The molecule has 4 heterocycles. The molecule has 0 saturated heterocycles. The van der Waals surface area contributed by atoms with Crippen molar-refractivity contribution < 1.29 is 0 Å². The lowest BCUT2D eigenvalue weighted by molar-refractivity contribution is 0.933. The van der Waals surface area contributed by atoms with Gasteiger partial charge in [0.2, 0.25) is 17.1 Å². The molecule has 0 amide bonds. The number of para-hydroxylation sites is 4. The average Bonchev–Trinajstić information content (AvgIpc) is 3.78. The van der Waals surface area contributed by atoms with E-state index in [2.05, 4.69) is 166 Å². The number of allylic oxidation sites excluding steroid dienone is 2. The predicted molar refractivity (Wildman–Crippen MR) is 196 cm³/mol. The van der Waals surface area contributed by atoms with Crippen LogP contribution in [0.1, 0.15) is 5.56 Å². The van der Waals surface area contributed by atoms with Crippen LogP contribution in [0.25, 0.3) is 53.2 Å². The lowest BCUT2D eigenvalue weighted by Crippen LogP contribution is -2.43. The van der Waals surface area contributed by atoms with Crippen LogP contribution in [0, 0.1) is 0 Å². The predicted octanol–water partition coefficient (Wildman–Crippen LogP) is 10.9. The molecule has 2 aliphatic heterocycles. The fourth-order valence-corrected chi connectivity index (χ4v) is 9.45. The van der Waals surface area contributed by atoms with Gasteiger partial charge in [0.25, 0.3) is 0 Å². The molecule has 214 valence electrons. The van der Waals surface area contributed by atoms with Crippen LogP contribution in [0.15, 0.2) is 152 Å². The molecule has 0 spiro atoms. The maximum Gasteiger partial charge on any atom is 0.235 e. The van der Waals surface area contributed by atoms with Crippen LogP contribution in [0.2, 0.25) is 0 Å². The first-order chi connectivity index (χ1) is 22.9. The van der Waals surface area contributed by atoms with E-state index < -0.39 is 0 Å². The summed E-state index contributed by atoms with van der Waals surface area (Å²) in [7, 11) is 0. The Hall–Kier alpha value is -5.71. The third-order valence-corrected chi connectivity index (χ3v) is 11.2. The summed E-state index contributed by atoms with van der Waals surface area (Å²) in [6, 6.07) is 49.0. The zero-order chi connectivity index (χ0) is 29.9. The zero-order valence-electron chi connectivity index (χ0n) is 24.8. The van der Waals surface area contributed by atoms with Crippen LogP contribution in [-0.4, -0.2) is 16.3 Å². The highest BCUT2D eigenvalue weighted by Gasteiger charge is 2.49. The van der Waals surface area contributed by atoms with Crippen molar-refractivity contribution in [2.75, 3.05) is 4.90 Å². The lowest BCUT2D eigenvalue weighted by atomic mass is 9.92. The Morgan fingerprint density at radius 3 is 2.30 bits per heavy atom. The molecule has 4 heteroatoms. The molecule has 8 aromatic rings. The van der Waals surface area contributed by atoms with E-state index >= 15 is 0 Å². The number of anilines is 2. The van der Waals surface area contributed by atoms with Crippen LogP contribution >= 0.6 is 11.3 Å². The Morgan fingerprint density at radius 2 is 1.37 bits per heavy atom. The maximum atomic E-state index is 2.62. The first kappa shape index (κ1) is 24.6. The molecular weight excluding hydrogens is 579 g/mol. The SMILES string of the molecule is C1=CC2=[N+](c3ccccc3)c3ccccc3N3c4c(ccc5c4c4ccccc4n5-c4cccc5c4sc4ccccc45)C(=C1)C23. The van der Waals surface area contributed by atoms with Crippen LogP contribution in [0.3, 0.4) is 0 Å². The summed E-state index contributed by atoms with van der Waals surface area (Å²) in [5.41, 5.74) is 12.6. The minimum Gasteiger partial charge on any atom is -0.317 e. The van der Waals surface area contributed by atoms with E-state index in [-0.39, 0.29) is 6.04 Å². The van der Waals surface area contributed by atoms with Crippen LogP contribution in [0.5, 0.6) is 0 Å². The Balaban J connectivity index is 1.26. The summed E-state index contributed by atoms with van der Waals surface area (Å²) in [6.45, 7) is 0. The van der Waals surface area contributed by atoms with Crippen LogP contribution in [0.4, 0.5) is 22.7 Å². The molecule has 1 unspecified atom stereocenters. The van der Waals surface area contributed by atoms with Gasteiger partial charge in [-0.05, 0) is 35.9 Å². The molecule has 1 atom stereocenters. The number of aromatic nitrogens is 1. The second kappa shape index (κ2) is 8.94. The van der Waals surface area contributed by atoms with Gasteiger partial charge >= 0.3 is 0 Å². The van der Waals surface area contributed by atoms with Gasteiger partial charge in [-0.25, -0.2) is 0 Å². The van der Waals surface area contributed by atoms with Crippen molar-refractivity contribution in [2.24, 2.45) is 0 Å². The summed E-state index contributed by atoms with van der Waals surface area (Å²) >= 11 is 1.89. The fourth-order valence-electron chi connectivity index (χ4n) is 8.24. The summed E-state index contributed by atoms with van der Waals surface area (Å²) in [5.74, 6) is 0. The molecule has 3 nitrogen and oxygen atoms in total. The van der Waals surface area contributed by atoms with Gasteiger partial charge in [0.05, 0.1) is 27.1 Å². The molecule has 0 N–H and O–H groups in total. The topological polar surface area (TPSA) is 11.2 Å². The van der Waals surface area contributed by atoms with E-state index in [9.17, 15) is 0 Å². The second-order valence-corrected chi connectivity index (χ2v) is 13.4. The maximum absolute atomic E-state index is 2.62. The summed E-state index contributed by atoms with van der Waals surface area (Å²) in [6.07, 6.45) is 6.86. The molecule has 0 saturated carbocycles. The average molecular weight is 605 g/mol. The Morgan fingerprint density at radius 1 is 0.609 bits per heavy atom. The molecule has 1 aliphatic carbocycles. The Labute approximate surface area is 269 Å². The molecule has 6 aromatic carbocycles. The van der Waals surface area contributed by atoms with Crippen LogP contribution < -0.4 is 9.48 Å². The van der Waals surface area contributed by atoms with Gasteiger partial charge in [-0.1, -0.05) is 97.1 Å². The number of rotatable bonds is 2. The highest BCUT2D eigenvalue weighted by molar-refractivity contribution is 7.26. The van der Waals surface area contributed by atoms with Gasteiger partial charge in [-0.2, -0.15) is 4.58 Å². The quantitative estimate of drug-likeness (QED) is 0.179. The highest BCUT2D eigenvalue weighted by Crippen LogP contribution is 2.56.